The molecule has 0 aromatic heterocycles. The van der Waals surface area contributed by atoms with Crippen molar-refractivity contribution in [3.8, 4) is 5.75 Å². The van der Waals surface area contributed by atoms with Gasteiger partial charge in [0.05, 0.1) is 65.5 Å². The Balaban J connectivity index is 2.10. The van der Waals surface area contributed by atoms with E-state index < -0.39 is 108 Å². The first-order valence-electron chi connectivity index (χ1n) is 25.1. The van der Waals surface area contributed by atoms with E-state index in [4.69, 9.17) is 35.3 Å². The summed E-state index contributed by atoms with van der Waals surface area (Å²) in [5, 5.41) is 32.3. The smallest absolute Gasteiger partial charge is 0.260 e. The highest BCUT2D eigenvalue weighted by molar-refractivity contribution is 8.76. The number of phenolic OH excluding ortho intramolecular Hbond substituents is 1. The van der Waals surface area contributed by atoms with Crippen molar-refractivity contribution in [3.05, 3.63) is 29.8 Å². The molecule has 0 spiro atoms. The first kappa shape index (κ1) is 66.3. The number of halogens is 1. The molecule has 428 valence electrons. The second-order valence-electron chi connectivity index (χ2n) is 17.5. The number of hydrogen-bond donors (Lipinski definition) is 10. The quantitative estimate of drug-likeness (QED) is 0.0182. The Hall–Kier alpha value is -5.81. The highest BCUT2D eigenvalue weighted by Crippen LogP contribution is 2.24. The molecule has 12 N–H and O–H groups in total. The van der Waals surface area contributed by atoms with Crippen LogP contribution in [0.1, 0.15) is 77.7 Å². The Morgan fingerprint density at radius 1 is 0.750 bits per heavy atom. The molecule has 1 heterocycles. The van der Waals surface area contributed by atoms with Gasteiger partial charge >= 0.3 is 0 Å². The Bertz CT molecular complexity index is 2000. The minimum absolute atomic E-state index is 0.000945. The van der Waals surface area contributed by atoms with Crippen molar-refractivity contribution in [1.29, 1.82) is 0 Å². The average molecular weight is 1120 g/mol. The third-order valence-electron chi connectivity index (χ3n) is 11.1. The molecule has 0 bridgehead atoms. The minimum Gasteiger partial charge on any atom is -0.508 e. The molecule has 0 saturated carbocycles. The van der Waals surface area contributed by atoms with Gasteiger partial charge in [-0.3, -0.25) is 43.2 Å². The standard InChI is InChI=1S/C48H77FN10O15S2/c1-4-31(2)43-48(69)56-35(13-14-39(50)61)44(65)58-37(27-40(51)62)45(66)54-32(3)29-75-76-30-38(47(68)57-36(46(67)59-43)26-33-9-11-34(60)12-10-33)55-41(63)8-6-5-7-16-52-42(64)28-74-53-17-19-71-21-23-73-25-24-72-22-20-70-18-15-49/h9-12,17,31-32,35-38,43,60H,4-8,13-16,18-30H2,1-3H3,(H2,50,61)(H2,51,62)(H,52,64)(H,54,66)(H,55,63)(H,56,69)(H,57,68)(H,58,65)(H,59,67)/t31?,32-,35+,36+,37+,38+,43+/m1/s1. The fraction of sp³-hybridized carbons (Fsp3) is 0.667. The molecule has 1 aliphatic heterocycles. The summed E-state index contributed by atoms with van der Waals surface area (Å²) in [4.78, 5) is 124. The number of alkyl halides is 1. The third-order valence-corrected chi connectivity index (χ3v) is 13.7. The molecular formula is C48H77FN10O15S2. The summed E-state index contributed by atoms with van der Waals surface area (Å²) in [6, 6.07) is -1.42. The van der Waals surface area contributed by atoms with Crippen molar-refractivity contribution in [2.75, 3.05) is 84.2 Å². The lowest BCUT2D eigenvalue weighted by Crippen LogP contribution is -2.61. The molecule has 2 rings (SSSR count). The molecule has 1 unspecified atom stereocenters. The molecule has 1 aromatic rings. The molecule has 1 saturated heterocycles. The highest BCUT2D eigenvalue weighted by atomic mass is 33.1. The first-order chi connectivity index (χ1) is 36.4. The van der Waals surface area contributed by atoms with Gasteiger partial charge in [-0.2, -0.15) is 0 Å². The fourth-order valence-electron chi connectivity index (χ4n) is 6.80. The van der Waals surface area contributed by atoms with Crippen LogP contribution in [0.3, 0.4) is 0 Å². The number of aromatic hydroxyl groups is 1. The van der Waals surface area contributed by atoms with Crippen molar-refractivity contribution < 1.29 is 76.4 Å². The SMILES string of the molecule is CCC(C)[C@@H]1NC(=O)[C@H](Cc2ccc(O)cc2)NC(=O)[C@@H](NC(=O)CCCCCNC(=O)CON=CCOCCOCCOCCOCCF)CSSC[C@@H](C)NC(=O)[C@H](CC(N)=O)NC(=O)[C@H](CCC(N)=O)NC1=O. The number of unbranched alkanes of at least 4 members (excludes halogenated alkanes) is 2. The topological polar surface area (TPSA) is 369 Å². The van der Waals surface area contributed by atoms with Crippen LogP contribution in [0.5, 0.6) is 5.75 Å². The highest BCUT2D eigenvalue weighted by Gasteiger charge is 2.35. The zero-order chi connectivity index (χ0) is 56.1. The van der Waals surface area contributed by atoms with Gasteiger partial charge < -0.3 is 77.6 Å². The lowest BCUT2D eigenvalue weighted by molar-refractivity contribution is -0.136. The van der Waals surface area contributed by atoms with E-state index in [0.717, 1.165) is 0 Å². The van der Waals surface area contributed by atoms with Gasteiger partial charge in [-0.25, -0.2) is 4.39 Å². The summed E-state index contributed by atoms with van der Waals surface area (Å²) in [7, 11) is 2.45. The van der Waals surface area contributed by atoms with E-state index in [2.05, 4.69) is 42.4 Å². The molecule has 0 radical (unpaired) electrons. The van der Waals surface area contributed by atoms with E-state index in [1.807, 2.05) is 0 Å². The number of carbonyl (C=O) groups excluding carboxylic acids is 9. The zero-order valence-electron chi connectivity index (χ0n) is 43.4. The lowest BCUT2D eigenvalue weighted by Gasteiger charge is -2.29. The van der Waals surface area contributed by atoms with Crippen LogP contribution in [0.25, 0.3) is 0 Å². The summed E-state index contributed by atoms with van der Waals surface area (Å²) in [6.45, 7) is 6.76. The van der Waals surface area contributed by atoms with Crippen molar-refractivity contribution >= 4 is 81.0 Å². The molecule has 28 heteroatoms. The van der Waals surface area contributed by atoms with Gasteiger partial charge in [-0.15, -0.1) is 0 Å². The average Bonchev–Trinajstić information content (AvgIpc) is 3.37. The van der Waals surface area contributed by atoms with Gasteiger partial charge in [-0.05, 0) is 49.8 Å². The summed E-state index contributed by atoms with van der Waals surface area (Å²) in [5.74, 6) is -6.96. The molecular weight excluding hydrogens is 1040 g/mol. The van der Waals surface area contributed by atoms with Gasteiger partial charge in [-0.1, -0.05) is 65.6 Å². The molecule has 1 fully saturated rings. The van der Waals surface area contributed by atoms with Gasteiger partial charge in [0, 0.05) is 43.4 Å². The Kier molecular flexibility index (Phi) is 34.5. The summed E-state index contributed by atoms with van der Waals surface area (Å²) < 4.78 is 32.9. The second-order valence-corrected chi connectivity index (χ2v) is 20.1. The van der Waals surface area contributed by atoms with Crippen LogP contribution < -0.4 is 48.7 Å². The number of benzene rings is 1. The van der Waals surface area contributed by atoms with Crippen LogP contribution >= 0.6 is 21.6 Å². The number of carbonyl (C=O) groups is 9. The summed E-state index contributed by atoms with van der Waals surface area (Å²) >= 11 is 0. The molecule has 76 heavy (non-hydrogen) atoms. The number of oxime groups is 1. The Labute approximate surface area is 450 Å². The van der Waals surface area contributed by atoms with Gasteiger partial charge in [0.15, 0.2) is 6.61 Å². The van der Waals surface area contributed by atoms with Crippen LogP contribution in [-0.2, 0) is 73.4 Å². The van der Waals surface area contributed by atoms with Crippen LogP contribution in [-0.4, -0.2) is 185 Å². The number of nitrogens with one attached hydrogen (secondary N) is 7. The Morgan fingerprint density at radius 2 is 1.36 bits per heavy atom. The molecule has 25 nitrogen and oxygen atoms in total. The number of ether oxygens (including phenoxy) is 4. The van der Waals surface area contributed by atoms with E-state index >= 15 is 0 Å². The number of hydrogen-bond acceptors (Lipinski definition) is 18. The van der Waals surface area contributed by atoms with Crippen LogP contribution in [0.4, 0.5) is 4.39 Å². The number of rotatable bonds is 32. The number of primary amides is 2. The van der Waals surface area contributed by atoms with Crippen molar-refractivity contribution in [1.82, 2.24) is 37.2 Å². The normalized spacial score (nSPS) is 20.8. The first-order valence-corrected chi connectivity index (χ1v) is 27.6. The second kappa shape index (κ2) is 39.6. The Morgan fingerprint density at radius 3 is 2.00 bits per heavy atom. The van der Waals surface area contributed by atoms with Gasteiger partial charge in [0.25, 0.3) is 5.91 Å². The maximum atomic E-state index is 14.3. The third kappa shape index (κ3) is 30.1. The molecule has 9 amide bonds. The van der Waals surface area contributed by atoms with Crippen molar-refractivity contribution in [2.24, 2.45) is 22.5 Å². The van der Waals surface area contributed by atoms with Gasteiger partial charge in [0.2, 0.25) is 47.3 Å². The van der Waals surface area contributed by atoms with Crippen molar-refractivity contribution in [3.63, 3.8) is 0 Å². The maximum Gasteiger partial charge on any atom is 0.260 e. The fourth-order valence-corrected chi connectivity index (χ4v) is 9.25. The summed E-state index contributed by atoms with van der Waals surface area (Å²) in [6.07, 6.45) is 1.82. The number of amides is 9. The lowest BCUT2D eigenvalue weighted by atomic mass is 9.96. The zero-order valence-corrected chi connectivity index (χ0v) is 45.1. The van der Waals surface area contributed by atoms with Gasteiger partial charge in [0.1, 0.15) is 42.6 Å². The van der Waals surface area contributed by atoms with Crippen LogP contribution in [0.15, 0.2) is 29.4 Å². The van der Waals surface area contributed by atoms with Crippen molar-refractivity contribution in [2.45, 2.75) is 115 Å². The summed E-state index contributed by atoms with van der Waals surface area (Å²) in [5.41, 5.74) is 11.3. The molecule has 1 aromatic carbocycles. The number of nitrogens with zero attached hydrogens (tertiary/aromatic N) is 1. The monoisotopic (exact) mass is 1120 g/mol. The van der Waals surface area contributed by atoms with E-state index in [1.54, 1.807) is 32.9 Å². The van der Waals surface area contributed by atoms with E-state index in [9.17, 15) is 52.6 Å². The predicted molar refractivity (Wildman–Crippen MR) is 281 cm³/mol. The number of nitrogens with two attached hydrogens (primary N) is 2. The van der Waals surface area contributed by atoms with E-state index in [0.29, 0.717) is 77.4 Å². The van der Waals surface area contributed by atoms with Crippen LogP contribution in [0, 0.1) is 5.92 Å². The van der Waals surface area contributed by atoms with E-state index in [1.165, 1.54) is 39.9 Å². The molecule has 1 aliphatic rings. The molecule has 7 atom stereocenters. The number of phenols is 1. The largest absolute Gasteiger partial charge is 0.508 e. The molecule has 0 aliphatic carbocycles. The van der Waals surface area contributed by atoms with E-state index in [-0.39, 0.29) is 62.8 Å². The minimum atomic E-state index is -1.47. The maximum absolute atomic E-state index is 14.3. The predicted octanol–water partition coefficient (Wildman–Crippen LogP) is -0.840. The van der Waals surface area contributed by atoms with Crippen LogP contribution in [0.2, 0.25) is 0 Å².